The number of halogens is 1. The topological polar surface area (TPSA) is 91.4 Å². The molecule has 1 aliphatic rings. The van der Waals surface area contributed by atoms with Crippen molar-refractivity contribution in [3.05, 3.63) is 29.8 Å². The number of nitrogens with zero attached hydrogens (tertiary/aromatic N) is 2. The van der Waals surface area contributed by atoms with Crippen LogP contribution in [0.4, 0.5) is 9.18 Å². The maximum absolute atomic E-state index is 12.7. The summed E-state index contributed by atoms with van der Waals surface area (Å²) in [4.78, 5) is 17.3. The zero-order valence-corrected chi connectivity index (χ0v) is 13.1. The minimum atomic E-state index is -3.37. The Balaban J connectivity index is 1.85. The molecule has 2 N–H and O–H groups in total. The van der Waals surface area contributed by atoms with Crippen LogP contribution in [0.15, 0.2) is 18.3 Å². The van der Waals surface area contributed by atoms with Crippen molar-refractivity contribution < 1.29 is 17.6 Å². The van der Waals surface area contributed by atoms with Crippen molar-refractivity contribution in [1.29, 1.82) is 0 Å². The highest BCUT2D eigenvalue weighted by atomic mass is 32.2. The van der Waals surface area contributed by atoms with Gasteiger partial charge in [-0.05, 0) is 18.6 Å². The van der Waals surface area contributed by atoms with Gasteiger partial charge in [-0.3, -0.25) is 4.98 Å². The fourth-order valence-corrected chi connectivity index (χ4v) is 3.70. The van der Waals surface area contributed by atoms with Crippen molar-refractivity contribution >= 4 is 16.1 Å². The van der Waals surface area contributed by atoms with E-state index in [4.69, 9.17) is 0 Å². The molecule has 2 amide bonds. The summed E-state index contributed by atoms with van der Waals surface area (Å²) in [6.07, 6.45) is 1.49. The SMILES string of the molecule is CCNS(=O)(=O)C1CCN(C(=O)NCc2ccc(F)cn2)C1. The molecule has 1 atom stereocenters. The molecule has 0 saturated carbocycles. The van der Waals surface area contributed by atoms with Crippen LogP contribution in [0.2, 0.25) is 0 Å². The summed E-state index contributed by atoms with van der Waals surface area (Å²) < 4.78 is 39.0. The van der Waals surface area contributed by atoms with E-state index in [1.807, 2.05) is 0 Å². The monoisotopic (exact) mass is 330 g/mol. The molecule has 1 aliphatic heterocycles. The van der Waals surface area contributed by atoms with Crippen molar-refractivity contribution in [3.8, 4) is 0 Å². The molecule has 7 nitrogen and oxygen atoms in total. The first-order valence-electron chi connectivity index (χ1n) is 7.04. The number of carbonyl (C=O) groups is 1. The molecule has 1 aromatic heterocycles. The average Bonchev–Trinajstić information content (AvgIpc) is 2.97. The number of pyridine rings is 1. The molecule has 0 bridgehead atoms. The number of sulfonamides is 1. The van der Waals surface area contributed by atoms with E-state index in [-0.39, 0.29) is 19.1 Å². The maximum Gasteiger partial charge on any atom is 0.317 e. The lowest BCUT2D eigenvalue weighted by Crippen LogP contribution is -2.41. The predicted molar refractivity (Wildman–Crippen MR) is 79.0 cm³/mol. The Bertz CT molecular complexity index is 621. The van der Waals surface area contributed by atoms with Gasteiger partial charge in [-0.25, -0.2) is 22.3 Å². The third kappa shape index (κ3) is 4.14. The molecular formula is C13H19FN4O3S. The minimum Gasteiger partial charge on any atom is -0.332 e. The van der Waals surface area contributed by atoms with E-state index in [1.54, 1.807) is 6.92 Å². The van der Waals surface area contributed by atoms with Gasteiger partial charge in [-0.2, -0.15) is 0 Å². The van der Waals surface area contributed by atoms with E-state index in [0.717, 1.165) is 6.20 Å². The van der Waals surface area contributed by atoms with Gasteiger partial charge < -0.3 is 10.2 Å². The normalized spacial score (nSPS) is 18.5. The first kappa shape index (κ1) is 16.6. The number of urea groups is 1. The fraction of sp³-hybridized carbons (Fsp3) is 0.538. The zero-order chi connectivity index (χ0) is 16.2. The second-order valence-corrected chi connectivity index (χ2v) is 7.07. The number of carbonyl (C=O) groups excluding carboxylic acids is 1. The number of rotatable bonds is 5. The van der Waals surface area contributed by atoms with Gasteiger partial charge >= 0.3 is 6.03 Å². The summed E-state index contributed by atoms with van der Waals surface area (Å²) in [5, 5.41) is 2.07. The van der Waals surface area contributed by atoms with E-state index >= 15 is 0 Å². The van der Waals surface area contributed by atoms with Gasteiger partial charge in [-0.1, -0.05) is 6.92 Å². The zero-order valence-electron chi connectivity index (χ0n) is 12.3. The van der Waals surface area contributed by atoms with E-state index < -0.39 is 21.1 Å². The van der Waals surface area contributed by atoms with Crippen molar-refractivity contribution in [2.75, 3.05) is 19.6 Å². The summed E-state index contributed by atoms with van der Waals surface area (Å²) >= 11 is 0. The molecule has 1 fully saturated rings. The molecule has 1 aromatic rings. The lowest BCUT2D eigenvalue weighted by atomic mass is 10.3. The standard InChI is InChI=1S/C13H19FN4O3S/c1-2-17-22(20,21)12-5-6-18(9-12)13(19)16-8-11-4-3-10(14)7-15-11/h3-4,7,12,17H,2,5-6,8-9H2,1H3,(H,16,19). The van der Waals surface area contributed by atoms with Crippen LogP contribution in [0.5, 0.6) is 0 Å². The highest BCUT2D eigenvalue weighted by molar-refractivity contribution is 7.90. The fourth-order valence-electron chi connectivity index (χ4n) is 2.27. The average molecular weight is 330 g/mol. The lowest BCUT2D eigenvalue weighted by molar-refractivity contribution is 0.208. The van der Waals surface area contributed by atoms with E-state index in [1.165, 1.54) is 17.0 Å². The number of nitrogens with one attached hydrogen (secondary N) is 2. The number of likely N-dealkylation sites (tertiary alicyclic amines) is 1. The van der Waals surface area contributed by atoms with Crippen LogP contribution in [0.3, 0.4) is 0 Å². The molecule has 0 aromatic carbocycles. The second kappa shape index (κ2) is 7.01. The number of amides is 2. The van der Waals surface area contributed by atoms with Crippen molar-refractivity contribution in [1.82, 2.24) is 19.9 Å². The van der Waals surface area contributed by atoms with E-state index in [0.29, 0.717) is 25.2 Å². The molecule has 122 valence electrons. The Kier molecular flexibility index (Phi) is 5.30. The van der Waals surface area contributed by atoms with Crippen LogP contribution in [-0.4, -0.2) is 49.2 Å². The smallest absolute Gasteiger partial charge is 0.317 e. The van der Waals surface area contributed by atoms with Gasteiger partial charge in [0.1, 0.15) is 5.82 Å². The summed E-state index contributed by atoms with van der Waals surface area (Å²) in [6.45, 7) is 2.77. The largest absolute Gasteiger partial charge is 0.332 e. The molecule has 0 radical (unpaired) electrons. The molecule has 9 heteroatoms. The van der Waals surface area contributed by atoms with Gasteiger partial charge in [0.15, 0.2) is 0 Å². The van der Waals surface area contributed by atoms with Crippen molar-refractivity contribution in [2.24, 2.45) is 0 Å². The van der Waals surface area contributed by atoms with Crippen LogP contribution < -0.4 is 10.0 Å². The van der Waals surface area contributed by atoms with Gasteiger partial charge in [0.2, 0.25) is 10.0 Å². The molecule has 1 saturated heterocycles. The number of hydrogen-bond acceptors (Lipinski definition) is 4. The number of hydrogen-bond donors (Lipinski definition) is 2. The van der Waals surface area contributed by atoms with Crippen LogP contribution in [0.25, 0.3) is 0 Å². The summed E-state index contributed by atoms with van der Waals surface area (Å²) in [5.41, 5.74) is 0.533. The minimum absolute atomic E-state index is 0.165. The summed E-state index contributed by atoms with van der Waals surface area (Å²) in [6, 6.07) is 2.40. The van der Waals surface area contributed by atoms with Crippen molar-refractivity contribution in [2.45, 2.75) is 25.1 Å². The van der Waals surface area contributed by atoms with Gasteiger partial charge in [0, 0.05) is 19.6 Å². The molecular weight excluding hydrogens is 311 g/mol. The first-order valence-corrected chi connectivity index (χ1v) is 8.58. The molecule has 0 aliphatic carbocycles. The lowest BCUT2D eigenvalue weighted by Gasteiger charge is -2.17. The summed E-state index contributed by atoms with van der Waals surface area (Å²) in [5.74, 6) is -0.439. The van der Waals surface area contributed by atoms with Crippen LogP contribution >= 0.6 is 0 Å². The van der Waals surface area contributed by atoms with Gasteiger partial charge in [-0.15, -0.1) is 0 Å². The van der Waals surface area contributed by atoms with E-state index in [9.17, 15) is 17.6 Å². The van der Waals surface area contributed by atoms with Crippen LogP contribution in [0.1, 0.15) is 19.0 Å². The van der Waals surface area contributed by atoms with Gasteiger partial charge in [0.05, 0.1) is 23.7 Å². The predicted octanol–water partition coefficient (Wildman–Crippen LogP) is 0.444. The number of aromatic nitrogens is 1. The van der Waals surface area contributed by atoms with Crippen LogP contribution in [0, 0.1) is 5.82 Å². The Morgan fingerprint density at radius 3 is 2.91 bits per heavy atom. The summed E-state index contributed by atoms with van der Waals surface area (Å²) in [7, 11) is -3.37. The Hall–Kier alpha value is -1.74. The first-order chi connectivity index (χ1) is 10.4. The molecule has 2 rings (SSSR count). The third-order valence-electron chi connectivity index (χ3n) is 3.43. The molecule has 1 unspecified atom stereocenters. The molecule has 22 heavy (non-hydrogen) atoms. The quantitative estimate of drug-likeness (QED) is 0.820. The highest BCUT2D eigenvalue weighted by Crippen LogP contribution is 2.16. The highest BCUT2D eigenvalue weighted by Gasteiger charge is 2.34. The van der Waals surface area contributed by atoms with E-state index in [2.05, 4.69) is 15.0 Å². The molecule has 0 spiro atoms. The van der Waals surface area contributed by atoms with Gasteiger partial charge in [0.25, 0.3) is 0 Å². The maximum atomic E-state index is 12.7. The second-order valence-electron chi connectivity index (χ2n) is 5.03. The molecule has 2 heterocycles. The Morgan fingerprint density at radius 2 is 2.27 bits per heavy atom. The Morgan fingerprint density at radius 1 is 1.50 bits per heavy atom. The third-order valence-corrected chi connectivity index (χ3v) is 5.38. The Labute approximate surface area is 129 Å². The van der Waals surface area contributed by atoms with Crippen LogP contribution in [-0.2, 0) is 16.6 Å². The van der Waals surface area contributed by atoms with Crippen molar-refractivity contribution in [3.63, 3.8) is 0 Å².